The summed E-state index contributed by atoms with van der Waals surface area (Å²) in [7, 11) is -3.53. The Bertz CT molecular complexity index is 927. The highest BCUT2D eigenvalue weighted by Crippen LogP contribution is 2.21. The Kier molecular flexibility index (Phi) is 5.72. The van der Waals surface area contributed by atoms with Crippen molar-refractivity contribution in [1.82, 2.24) is 4.31 Å². The summed E-state index contributed by atoms with van der Waals surface area (Å²) >= 11 is 0. The maximum absolute atomic E-state index is 12.6. The van der Waals surface area contributed by atoms with E-state index in [9.17, 15) is 18.0 Å². The lowest BCUT2D eigenvalue weighted by Gasteiger charge is -2.25. The number of piperidine rings is 1. The number of hydrogen-bond acceptors (Lipinski definition) is 5. The third-order valence-electron chi connectivity index (χ3n) is 4.51. The van der Waals surface area contributed by atoms with E-state index in [-0.39, 0.29) is 16.2 Å². The SMILES string of the molecule is CC(=O)c1ccc(OC(=O)c2ccc(S(=O)(=O)N3CCCCC3)cc2)cc1. The summed E-state index contributed by atoms with van der Waals surface area (Å²) in [5.74, 6) is -0.346. The van der Waals surface area contributed by atoms with Crippen molar-refractivity contribution in [2.75, 3.05) is 13.1 Å². The zero-order valence-corrected chi connectivity index (χ0v) is 15.9. The largest absolute Gasteiger partial charge is 0.423 e. The van der Waals surface area contributed by atoms with Crippen LogP contribution in [0.3, 0.4) is 0 Å². The van der Waals surface area contributed by atoms with Gasteiger partial charge in [-0.1, -0.05) is 6.42 Å². The number of carbonyl (C=O) groups excluding carboxylic acids is 2. The lowest BCUT2D eigenvalue weighted by atomic mass is 10.1. The third-order valence-corrected chi connectivity index (χ3v) is 6.43. The van der Waals surface area contributed by atoms with Crippen LogP contribution in [0.15, 0.2) is 53.4 Å². The van der Waals surface area contributed by atoms with E-state index in [2.05, 4.69) is 0 Å². The molecule has 0 amide bonds. The normalized spacial score (nSPS) is 15.3. The topological polar surface area (TPSA) is 80.8 Å². The molecular weight excluding hydrogens is 366 g/mol. The van der Waals surface area contributed by atoms with E-state index in [1.165, 1.54) is 35.5 Å². The monoisotopic (exact) mass is 387 g/mol. The van der Waals surface area contributed by atoms with E-state index in [1.54, 1.807) is 24.3 Å². The van der Waals surface area contributed by atoms with Gasteiger partial charge in [0.15, 0.2) is 5.78 Å². The number of rotatable bonds is 5. The molecule has 0 aliphatic carbocycles. The minimum absolute atomic E-state index is 0.0709. The van der Waals surface area contributed by atoms with Crippen molar-refractivity contribution in [2.45, 2.75) is 31.1 Å². The van der Waals surface area contributed by atoms with E-state index in [4.69, 9.17) is 4.74 Å². The number of hydrogen-bond donors (Lipinski definition) is 0. The van der Waals surface area contributed by atoms with Crippen molar-refractivity contribution in [2.24, 2.45) is 0 Å². The second kappa shape index (κ2) is 8.02. The zero-order valence-electron chi connectivity index (χ0n) is 15.1. The minimum Gasteiger partial charge on any atom is -0.423 e. The van der Waals surface area contributed by atoms with E-state index < -0.39 is 16.0 Å². The Morgan fingerprint density at radius 1 is 0.852 bits per heavy atom. The molecule has 1 saturated heterocycles. The first-order chi connectivity index (χ1) is 12.9. The predicted molar refractivity (Wildman–Crippen MR) is 100 cm³/mol. The van der Waals surface area contributed by atoms with Crippen LogP contribution in [0.1, 0.15) is 46.9 Å². The molecule has 7 heteroatoms. The van der Waals surface area contributed by atoms with Crippen molar-refractivity contribution in [3.63, 3.8) is 0 Å². The molecule has 1 heterocycles. The standard InChI is InChI=1S/C20H21NO5S/c1-15(22)16-5-9-18(10-6-16)26-20(23)17-7-11-19(12-8-17)27(24,25)21-13-3-2-4-14-21/h5-12H,2-4,13-14H2,1H3. The van der Waals surface area contributed by atoms with Crippen LogP contribution in [0.2, 0.25) is 0 Å². The molecule has 0 N–H and O–H groups in total. The molecule has 1 fully saturated rings. The summed E-state index contributed by atoms with van der Waals surface area (Å²) < 4.78 is 32.0. The maximum atomic E-state index is 12.6. The highest BCUT2D eigenvalue weighted by molar-refractivity contribution is 7.89. The van der Waals surface area contributed by atoms with Gasteiger partial charge in [-0.3, -0.25) is 4.79 Å². The van der Waals surface area contributed by atoms with Crippen LogP contribution < -0.4 is 4.74 Å². The van der Waals surface area contributed by atoms with Gasteiger partial charge in [0.1, 0.15) is 5.75 Å². The molecule has 0 atom stereocenters. The zero-order chi connectivity index (χ0) is 19.4. The number of sulfonamides is 1. The third kappa shape index (κ3) is 4.43. The van der Waals surface area contributed by atoms with E-state index in [1.807, 2.05) is 0 Å². The average Bonchev–Trinajstić information content (AvgIpc) is 2.69. The Morgan fingerprint density at radius 3 is 1.96 bits per heavy atom. The summed E-state index contributed by atoms with van der Waals surface area (Å²) in [5.41, 5.74) is 0.783. The van der Waals surface area contributed by atoms with Gasteiger partial charge in [-0.05, 0) is 68.3 Å². The van der Waals surface area contributed by atoms with Gasteiger partial charge >= 0.3 is 5.97 Å². The van der Waals surface area contributed by atoms with Crippen molar-refractivity contribution < 1.29 is 22.7 Å². The van der Waals surface area contributed by atoms with Crippen LogP contribution >= 0.6 is 0 Å². The second-order valence-corrected chi connectivity index (χ2v) is 8.40. The molecule has 27 heavy (non-hydrogen) atoms. The van der Waals surface area contributed by atoms with Gasteiger partial charge in [0, 0.05) is 18.7 Å². The second-order valence-electron chi connectivity index (χ2n) is 6.46. The van der Waals surface area contributed by atoms with Crippen molar-refractivity contribution in [3.05, 3.63) is 59.7 Å². The number of ketones is 1. The first-order valence-corrected chi connectivity index (χ1v) is 10.3. The molecule has 0 radical (unpaired) electrons. The van der Waals surface area contributed by atoms with Gasteiger partial charge in [-0.25, -0.2) is 13.2 Å². The summed E-state index contributed by atoms with van der Waals surface area (Å²) in [6.45, 7) is 2.52. The molecule has 0 unspecified atom stereocenters. The number of nitrogens with zero attached hydrogens (tertiary/aromatic N) is 1. The number of ether oxygens (including phenoxy) is 1. The molecule has 2 aromatic rings. The number of benzene rings is 2. The van der Waals surface area contributed by atoms with Gasteiger partial charge in [0.25, 0.3) is 0 Å². The Labute approximate surface area is 158 Å². The highest BCUT2D eigenvalue weighted by atomic mass is 32.2. The molecule has 1 aliphatic rings. The summed E-state index contributed by atoms with van der Waals surface area (Å²) in [5, 5.41) is 0. The van der Waals surface area contributed by atoms with Crippen LogP contribution in [0, 0.1) is 0 Å². The highest BCUT2D eigenvalue weighted by Gasteiger charge is 2.26. The van der Waals surface area contributed by atoms with Gasteiger partial charge in [-0.2, -0.15) is 4.31 Å². The first-order valence-electron chi connectivity index (χ1n) is 8.81. The number of Topliss-reactive ketones (excluding diaryl/α,β-unsaturated/α-hetero) is 1. The van der Waals surface area contributed by atoms with Crippen LogP contribution in [0.25, 0.3) is 0 Å². The molecule has 0 bridgehead atoms. The van der Waals surface area contributed by atoms with E-state index >= 15 is 0 Å². The number of esters is 1. The van der Waals surface area contributed by atoms with Crippen LogP contribution in [-0.2, 0) is 10.0 Å². The Hall–Kier alpha value is -2.51. The molecule has 3 rings (SSSR count). The van der Waals surface area contributed by atoms with Gasteiger partial charge in [0.2, 0.25) is 10.0 Å². The van der Waals surface area contributed by atoms with E-state index in [0.717, 1.165) is 19.3 Å². The average molecular weight is 387 g/mol. The van der Waals surface area contributed by atoms with Crippen LogP contribution in [0.4, 0.5) is 0 Å². The van der Waals surface area contributed by atoms with Crippen molar-refractivity contribution in [1.29, 1.82) is 0 Å². The van der Waals surface area contributed by atoms with Gasteiger partial charge in [-0.15, -0.1) is 0 Å². The van der Waals surface area contributed by atoms with Gasteiger partial charge in [0.05, 0.1) is 10.5 Å². The maximum Gasteiger partial charge on any atom is 0.343 e. The summed E-state index contributed by atoms with van der Waals surface area (Å²) in [4.78, 5) is 23.7. The minimum atomic E-state index is -3.53. The fraction of sp³-hybridized carbons (Fsp3) is 0.300. The Morgan fingerprint density at radius 2 is 1.41 bits per heavy atom. The summed E-state index contributed by atoms with van der Waals surface area (Å²) in [6.07, 6.45) is 2.78. The molecule has 142 valence electrons. The molecule has 0 spiro atoms. The van der Waals surface area contributed by atoms with Crippen LogP contribution in [-0.4, -0.2) is 37.6 Å². The van der Waals surface area contributed by atoms with E-state index in [0.29, 0.717) is 24.4 Å². The fourth-order valence-electron chi connectivity index (χ4n) is 2.94. The molecular formula is C20H21NO5S. The first kappa shape index (κ1) is 19.3. The molecule has 1 aliphatic heterocycles. The molecule has 0 aromatic heterocycles. The smallest absolute Gasteiger partial charge is 0.343 e. The van der Waals surface area contributed by atoms with Crippen molar-refractivity contribution in [3.8, 4) is 5.75 Å². The number of carbonyl (C=O) groups is 2. The van der Waals surface area contributed by atoms with Crippen molar-refractivity contribution >= 4 is 21.8 Å². The fourth-order valence-corrected chi connectivity index (χ4v) is 4.46. The molecule has 6 nitrogen and oxygen atoms in total. The summed E-state index contributed by atoms with van der Waals surface area (Å²) in [6, 6.07) is 12.0. The van der Waals surface area contributed by atoms with Crippen LogP contribution in [0.5, 0.6) is 5.75 Å². The quantitative estimate of drug-likeness (QED) is 0.447. The lowest BCUT2D eigenvalue weighted by molar-refractivity contribution is 0.0734. The molecule has 0 saturated carbocycles. The molecule has 2 aromatic carbocycles. The Balaban J connectivity index is 1.70. The van der Waals surface area contributed by atoms with Gasteiger partial charge < -0.3 is 4.74 Å². The lowest BCUT2D eigenvalue weighted by Crippen LogP contribution is -2.35. The predicted octanol–water partition coefficient (Wildman–Crippen LogP) is 3.28.